The van der Waals surface area contributed by atoms with E-state index in [1.165, 1.54) is 0 Å². The van der Waals surface area contributed by atoms with Gasteiger partial charge in [0.25, 0.3) is 0 Å². The van der Waals surface area contributed by atoms with Gasteiger partial charge in [-0.2, -0.15) is 0 Å². The van der Waals surface area contributed by atoms with Crippen molar-refractivity contribution in [2.75, 3.05) is 19.6 Å². The van der Waals surface area contributed by atoms with Gasteiger partial charge in [-0.25, -0.2) is 14.6 Å². The quantitative estimate of drug-likeness (QED) is 0.542. The molecule has 0 spiro atoms. The van der Waals surface area contributed by atoms with E-state index in [-0.39, 0.29) is 30.6 Å². The summed E-state index contributed by atoms with van der Waals surface area (Å²) in [6, 6.07) is 17.3. The number of aryl methyl sites for hydroxylation is 1. The zero-order chi connectivity index (χ0) is 25.5. The Balaban J connectivity index is 1.28. The first-order chi connectivity index (χ1) is 18.0. The zero-order valence-electron chi connectivity index (χ0n) is 20.4. The van der Waals surface area contributed by atoms with Crippen LogP contribution in [0.4, 0.5) is 9.59 Å². The predicted molar refractivity (Wildman–Crippen MR) is 136 cm³/mol. The molecule has 3 aliphatic heterocycles. The molecule has 2 aromatic carbocycles. The second-order valence-corrected chi connectivity index (χ2v) is 9.51. The minimum atomic E-state index is -0.691. The number of fused-ring (bicyclic) bond motifs is 3. The van der Waals surface area contributed by atoms with Crippen LogP contribution in [-0.2, 0) is 4.79 Å². The topological polar surface area (TPSA) is 112 Å². The van der Waals surface area contributed by atoms with Gasteiger partial charge >= 0.3 is 12.1 Å². The van der Waals surface area contributed by atoms with Crippen LogP contribution in [0, 0.1) is 6.92 Å². The van der Waals surface area contributed by atoms with E-state index in [9.17, 15) is 14.4 Å². The smallest absolute Gasteiger partial charge is 0.324 e. The summed E-state index contributed by atoms with van der Waals surface area (Å²) in [5.74, 6) is 0.365. The maximum Gasteiger partial charge on any atom is 0.324 e. The normalized spacial score (nSPS) is 19.6. The van der Waals surface area contributed by atoms with Crippen molar-refractivity contribution < 1.29 is 14.4 Å². The number of likely N-dealkylation sites (tertiary alicyclic amines) is 1. The largest absolute Gasteiger partial charge is 0.325 e. The number of benzene rings is 2. The van der Waals surface area contributed by atoms with Gasteiger partial charge in [0.2, 0.25) is 5.91 Å². The number of carbonyl (C=O) groups excluding carboxylic acids is 3. The van der Waals surface area contributed by atoms with Crippen LogP contribution >= 0.6 is 0 Å². The fourth-order valence-corrected chi connectivity index (χ4v) is 5.35. The Morgan fingerprint density at radius 1 is 1.03 bits per heavy atom. The van der Waals surface area contributed by atoms with Crippen LogP contribution in [0.1, 0.15) is 41.7 Å². The monoisotopic (exact) mass is 497 g/mol. The van der Waals surface area contributed by atoms with Crippen molar-refractivity contribution in [1.29, 1.82) is 0 Å². The van der Waals surface area contributed by atoms with E-state index >= 15 is 0 Å². The highest BCUT2D eigenvalue weighted by atomic mass is 16.2. The minimum Gasteiger partial charge on any atom is -0.325 e. The summed E-state index contributed by atoms with van der Waals surface area (Å²) < 4.78 is 2.05. The average molecular weight is 498 g/mol. The van der Waals surface area contributed by atoms with E-state index < -0.39 is 6.17 Å². The highest BCUT2D eigenvalue weighted by Crippen LogP contribution is 2.30. The molecule has 0 aliphatic carbocycles. The van der Waals surface area contributed by atoms with Crippen molar-refractivity contribution in [3.8, 4) is 5.69 Å². The summed E-state index contributed by atoms with van der Waals surface area (Å²) in [5, 5.41) is 5.43. The molecule has 0 saturated carbocycles. The van der Waals surface area contributed by atoms with Crippen LogP contribution < -0.4 is 10.6 Å². The Morgan fingerprint density at radius 3 is 2.49 bits per heavy atom. The first-order valence-corrected chi connectivity index (χ1v) is 12.4. The molecule has 0 radical (unpaired) electrons. The molecule has 1 atom stereocenters. The number of aliphatic imine (C=N–C) groups is 1. The van der Waals surface area contributed by atoms with Crippen LogP contribution in [0.25, 0.3) is 5.69 Å². The van der Waals surface area contributed by atoms with Gasteiger partial charge in [0, 0.05) is 42.1 Å². The van der Waals surface area contributed by atoms with Crippen molar-refractivity contribution in [2.24, 2.45) is 4.99 Å². The SMILES string of the molecule is Cc1cnc2n1-c1ccccc1C(c1ccccc1)=N[C@H]2NC(=O)N1CCC(N2CC(=O)NC2=O)CC1. The molecule has 4 heterocycles. The molecular formula is C27H27N7O3. The third kappa shape index (κ3) is 4.14. The van der Waals surface area contributed by atoms with E-state index in [0.29, 0.717) is 31.8 Å². The van der Waals surface area contributed by atoms with Crippen molar-refractivity contribution in [3.05, 3.63) is 83.4 Å². The number of piperidine rings is 1. The number of nitrogens with zero attached hydrogens (tertiary/aromatic N) is 5. The van der Waals surface area contributed by atoms with Crippen LogP contribution in [0.2, 0.25) is 0 Å². The van der Waals surface area contributed by atoms with E-state index in [4.69, 9.17) is 4.99 Å². The molecule has 1 aromatic heterocycles. The molecule has 3 aliphatic rings. The number of amides is 5. The first-order valence-electron chi connectivity index (χ1n) is 12.4. The fourth-order valence-electron chi connectivity index (χ4n) is 5.35. The highest BCUT2D eigenvalue weighted by Gasteiger charge is 2.36. The minimum absolute atomic E-state index is 0.0628. The number of imidazole rings is 1. The summed E-state index contributed by atoms with van der Waals surface area (Å²) >= 11 is 0. The number of para-hydroxylation sites is 1. The third-order valence-electron chi connectivity index (χ3n) is 7.19. The molecule has 2 fully saturated rings. The molecule has 3 aromatic rings. The molecule has 188 valence electrons. The van der Waals surface area contributed by atoms with Crippen LogP contribution in [0.15, 0.2) is 65.8 Å². The summed E-state index contributed by atoms with van der Waals surface area (Å²) in [5.41, 5.74) is 4.62. The van der Waals surface area contributed by atoms with Crippen LogP contribution in [-0.4, -0.2) is 68.7 Å². The lowest BCUT2D eigenvalue weighted by Crippen LogP contribution is -2.50. The second kappa shape index (κ2) is 9.20. The van der Waals surface area contributed by atoms with Gasteiger partial charge in [-0.3, -0.25) is 19.7 Å². The number of nitrogens with one attached hydrogen (secondary N) is 2. The molecule has 5 amide bonds. The maximum atomic E-state index is 13.4. The lowest BCUT2D eigenvalue weighted by atomic mass is 10.0. The van der Waals surface area contributed by atoms with Crippen molar-refractivity contribution in [1.82, 2.24) is 30.0 Å². The molecule has 2 saturated heterocycles. The number of aromatic nitrogens is 2. The van der Waals surface area contributed by atoms with Gasteiger partial charge in [0.05, 0.1) is 11.4 Å². The molecule has 0 bridgehead atoms. The third-order valence-corrected chi connectivity index (χ3v) is 7.19. The summed E-state index contributed by atoms with van der Waals surface area (Å²) in [4.78, 5) is 50.0. The van der Waals surface area contributed by atoms with E-state index in [1.54, 1.807) is 16.0 Å². The van der Waals surface area contributed by atoms with E-state index in [1.807, 2.05) is 61.5 Å². The van der Waals surface area contributed by atoms with Gasteiger partial charge in [-0.15, -0.1) is 0 Å². The van der Waals surface area contributed by atoms with Gasteiger partial charge in [-0.1, -0.05) is 48.5 Å². The number of carbonyl (C=O) groups is 3. The Hall–Kier alpha value is -4.47. The first kappa shape index (κ1) is 23.0. The van der Waals surface area contributed by atoms with Crippen LogP contribution in [0.3, 0.4) is 0 Å². The summed E-state index contributed by atoms with van der Waals surface area (Å²) in [7, 11) is 0. The highest BCUT2D eigenvalue weighted by molar-refractivity contribution is 6.15. The van der Waals surface area contributed by atoms with Gasteiger partial charge in [0.1, 0.15) is 6.54 Å². The van der Waals surface area contributed by atoms with Crippen molar-refractivity contribution >= 4 is 23.7 Å². The lowest BCUT2D eigenvalue weighted by Gasteiger charge is -2.36. The number of urea groups is 2. The van der Waals surface area contributed by atoms with Crippen molar-refractivity contribution in [3.63, 3.8) is 0 Å². The van der Waals surface area contributed by atoms with Gasteiger partial charge < -0.3 is 15.1 Å². The standard InChI is InChI=1S/C27H27N7O3/c1-17-15-28-25-24(31-26(36)32-13-11-19(12-14-32)33-16-22(35)29-27(33)37)30-23(18-7-3-2-4-8-18)20-9-5-6-10-21(20)34(17)25/h2-10,15,19,24H,11-14,16H2,1H3,(H,31,36)(H,29,35,37)/t24-/m0/s1. The summed E-state index contributed by atoms with van der Waals surface area (Å²) in [6.07, 6.45) is 2.32. The molecule has 37 heavy (non-hydrogen) atoms. The number of hydrogen-bond donors (Lipinski definition) is 2. The second-order valence-electron chi connectivity index (χ2n) is 9.51. The number of imide groups is 1. The fraction of sp³-hybridized carbons (Fsp3) is 0.296. The molecule has 6 rings (SSSR count). The molecule has 10 heteroatoms. The van der Waals surface area contributed by atoms with Gasteiger partial charge in [0.15, 0.2) is 12.0 Å². The number of rotatable bonds is 3. The Kier molecular flexibility index (Phi) is 5.71. The van der Waals surface area contributed by atoms with E-state index in [2.05, 4.69) is 20.2 Å². The van der Waals surface area contributed by atoms with Gasteiger partial charge in [-0.05, 0) is 25.8 Å². The molecule has 0 unspecified atom stereocenters. The Bertz CT molecular complexity index is 1410. The van der Waals surface area contributed by atoms with Crippen molar-refractivity contribution in [2.45, 2.75) is 32.0 Å². The van der Waals surface area contributed by atoms with Crippen LogP contribution in [0.5, 0.6) is 0 Å². The summed E-state index contributed by atoms with van der Waals surface area (Å²) in [6.45, 7) is 3.02. The molecule has 10 nitrogen and oxygen atoms in total. The molecular weight excluding hydrogens is 470 g/mol. The predicted octanol–water partition coefficient (Wildman–Crippen LogP) is 2.76. The Labute approximate surface area is 214 Å². The zero-order valence-corrected chi connectivity index (χ0v) is 20.4. The maximum absolute atomic E-state index is 13.4. The lowest BCUT2D eigenvalue weighted by molar-refractivity contribution is -0.118. The average Bonchev–Trinajstić information content (AvgIpc) is 3.43. The van der Waals surface area contributed by atoms with E-state index in [0.717, 1.165) is 28.2 Å². The molecule has 2 N–H and O–H groups in total. The number of hydrogen-bond acceptors (Lipinski definition) is 5. The Morgan fingerprint density at radius 2 is 1.76 bits per heavy atom.